The summed E-state index contributed by atoms with van der Waals surface area (Å²) in [5, 5.41) is 0. The molecule has 1 saturated heterocycles. The molecular weight excluding hydrogens is 236 g/mol. The molecule has 0 aromatic heterocycles. The van der Waals surface area contributed by atoms with Gasteiger partial charge in [0.15, 0.2) is 0 Å². The third-order valence-electron chi connectivity index (χ3n) is 3.26. The molecule has 1 heterocycles. The number of hydrogen-bond acceptors (Lipinski definition) is 3. The largest absolute Gasteiger partial charge is 0.393 e. The molecule has 5 heteroatoms. The predicted molar refractivity (Wildman–Crippen MR) is 71.8 cm³/mol. The summed E-state index contributed by atoms with van der Waals surface area (Å²) in [6.07, 6.45) is 4.42. The summed E-state index contributed by atoms with van der Waals surface area (Å²) in [5.74, 6) is 0.143. The van der Waals surface area contributed by atoms with E-state index < -0.39 is 0 Å². The van der Waals surface area contributed by atoms with Gasteiger partial charge in [0.1, 0.15) is 0 Å². The van der Waals surface area contributed by atoms with Crippen LogP contribution in [-0.2, 0) is 9.53 Å². The molecule has 0 aliphatic carbocycles. The molecule has 0 spiro atoms. The highest BCUT2D eigenvalue weighted by molar-refractivity contribution is 7.80. The van der Waals surface area contributed by atoms with Crippen molar-refractivity contribution in [3.8, 4) is 0 Å². The van der Waals surface area contributed by atoms with Crippen LogP contribution in [-0.4, -0.2) is 41.6 Å². The number of carbonyl (C=O) groups excluding carboxylic acids is 1. The van der Waals surface area contributed by atoms with Gasteiger partial charge in [-0.15, -0.1) is 0 Å². The topological polar surface area (TPSA) is 55.6 Å². The Morgan fingerprint density at radius 2 is 2.35 bits per heavy atom. The van der Waals surface area contributed by atoms with Crippen LogP contribution in [0, 0.1) is 0 Å². The van der Waals surface area contributed by atoms with Crippen LogP contribution in [0.25, 0.3) is 0 Å². The Morgan fingerprint density at radius 3 is 2.88 bits per heavy atom. The third-order valence-corrected chi connectivity index (χ3v) is 3.42. The van der Waals surface area contributed by atoms with E-state index in [1.165, 1.54) is 0 Å². The van der Waals surface area contributed by atoms with Crippen LogP contribution in [0.15, 0.2) is 0 Å². The molecule has 2 atom stereocenters. The Morgan fingerprint density at radius 1 is 1.65 bits per heavy atom. The van der Waals surface area contributed by atoms with Crippen LogP contribution in [0.3, 0.4) is 0 Å². The summed E-state index contributed by atoms with van der Waals surface area (Å²) < 4.78 is 5.50. The minimum Gasteiger partial charge on any atom is -0.393 e. The highest BCUT2D eigenvalue weighted by atomic mass is 32.1. The molecule has 98 valence electrons. The van der Waals surface area contributed by atoms with Crippen LogP contribution in [0.5, 0.6) is 0 Å². The number of carbonyl (C=O) groups is 1. The lowest BCUT2D eigenvalue weighted by Gasteiger charge is -2.25. The standard InChI is InChI=1S/C12H22N2O2S/c1-9(8-11(13)17)14(2)12(15)6-5-10-4-3-7-16-10/h9-10H,3-8H2,1-2H3,(H2,13,17). The number of hydrogen-bond donors (Lipinski definition) is 1. The summed E-state index contributed by atoms with van der Waals surface area (Å²) in [4.78, 5) is 14.1. The second-order valence-corrected chi connectivity index (χ2v) is 5.22. The Balaban J connectivity index is 2.27. The van der Waals surface area contributed by atoms with Crippen LogP contribution in [0.2, 0.25) is 0 Å². The van der Waals surface area contributed by atoms with Gasteiger partial charge in [-0.25, -0.2) is 0 Å². The van der Waals surface area contributed by atoms with E-state index in [0.29, 0.717) is 17.8 Å². The molecule has 2 N–H and O–H groups in total. The first-order chi connectivity index (χ1) is 8.00. The van der Waals surface area contributed by atoms with Gasteiger partial charge in [0.05, 0.1) is 11.1 Å². The first-order valence-electron chi connectivity index (χ1n) is 6.16. The molecule has 1 aliphatic heterocycles. The lowest BCUT2D eigenvalue weighted by Crippen LogP contribution is -2.37. The summed E-state index contributed by atoms with van der Waals surface area (Å²) in [6, 6.07) is 0.0736. The van der Waals surface area contributed by atoms with Crippen molar-refractivity contribution in [3.63, 3.8) is 0 Å². The zero-order valence-corrected chi connectivity index (χ0v) is 11.5. The molecule has 2 unspecified atom stereocenters. The van der Waals surface area contributed by atoms with Crippen LogP contribution in [0.4, 0.5) is 0 Å². The monoisotopic (exact) mass is 258 g/mol. The second kappa shape index (κ2) is 6.91. The van der Waals surface area contributed by atoms with E-state index >= 15 is 0 Å². The summed E-state index contributed by atoms with van der Waals surface area (Å²) in [7, 11) is 1.81. The quantitative estimate of drug-likeness (QED) is 0.733. The van der Waals surface area contributed by atoms with Gasteiger partial charge in [0.25, 0.3) is 0 Å². The fraction of sp³-hybridized carbons (Fsp3) is 0.833. The lowest BCUT2D eigenvalue weighted by molar-refractivity contribution is -0.132. The van der Waals surface area contributed by atoms with Crippen molar-refractivity contribution in [1.29, 1.82) is 0 Å². The molecular formula is C12H22N2O2S. The van der Waals surface area contributed by atoms with E-state index in [-0.39, 0.29) is 18.1 Å². The maximum Gasteiger partial charge on any atom is 0.222 e. The van der Waals surface area contributed by atoms with Crippen molar-refractivity contribution in [2.45, 2.75) is 51.2 Å². The Bertz CT molecular complexity index is 278. The van der Waals surface area contributed by atoms with Crippen LogP contribution in [0.1, 0.15) is 39.0 Å². The zero-order valence-electron chi connectivity index (χ0n) is 10.6. The minimum atomic E-state index is 0.0736. The number of rotatable bonds is 6. The van der Waals surface area contributed by atoms with Gasteiger partial charge >= 0.3 is 0 Å². The molecule has 17 heavy (non-hydrogen) atoms. The first-order valence-corrected chi connectivity index (χ1v) is 6.57. The van der Waals surface area contributed by atoms with Crippen molar-refractivity contribution < 1.29 is 9.53 Å². The van der Waals surface area contributed by atoms with E-state index in [0.717, 1.165) is 25.9 Å². The van der Waals surface area contributed by atoms with E-state index in [1.807, 2.05) is 6.92 Å². The third kappa shape index (κ3) is 5.00. The Hall–Kier alpha value is -0.680. The molecule has 0 saturated carbocycles. The van der Waals surface area contributed by atoms with Crippen molar-refractivity contribution in [3.05, 3.63) is 0 Å². The first kappa shape index (κ1) is 14.4. The molecule has 0 aromatic rings. The van der Waals surface area contributed by atoms with E-state index in [9.17, 15) is 4.79 Å². The molecule has 1 amide bonds. The van der Waals surface area contributed by atoms with E-state index in [1.54, 1.807) is 11.9 Å². The second-order valence-electron chi connectivity index (χ2n) is 4.70. The number of ether oxygens (including phenoxy) is 1. The molecule has 1 fully saturated rings. The highest BCUT2D eigenvalue weighted by Gasteiger charge is 2.20. The van der Waals surface area contributed by atoms with Crippen molar-refractivity contribution in [2.24, 2.45) is 5.73 Å². The molecule has 0 bridgehead atoms. The maximum atomic E-state index is 11.9. The molecule has 4 nitrogen and oxygen atoms in total. The fourth-order valence-electron chi connectivity index (χ4n) is 2.01. The van der Waals surface area contributed by atoms with Crippen molar-refractivity contribution >= 4 is 23.1 Å². The average Bonchev–Trinajstić information content (AvgIpc) is 2.76. The number of nitrogens with two attached hydrogens (primary N) is 1. The van der Waals surface area contributed by atoms with Gasteiger partial charge in [-0.1, -0.05) is 12.2 Å². The predicted octanol–water partition coefficient (Wildman–Crippen LogP) is 1.47. The average molecular weight is 258 g/mol. The van der Waals surface area contributed by atoms with E-state index in [4.69, 9.17) is 22.7 Å². The number of amides is 1. The van der Waals surface area contributed by atoms with Crippen LogP contribution < -0.4 is 5.73 Å². The minimum absolute atomic E-state index is 0.0736. The zero-order chi connectivity index (χ0) is 12.8. The number of thiocarbonyl (C=S) groups is 1. The lowest BCUT2D eigenvalue weighted by atomic mass is 10.1. The molecule has 0 aromatic carbocycles. The van der Waals surface area contributed by atoms with E-state index in [2.05, 4.69) is 0 Å². The smallest absolute Gasteiger partial charge is 0.222 e. The molecule has 1 rings (SSSR count). The molecule has 1 aliphatic rings. The van der Waals surface area contributed by atoms with Gasteiger partial charge in [-0.05, 0) is 26.2 Å². The highest BCUT2D eigenvalue weighted by Crippen LogP contribution is 2.17. The van der Waals surface area contributed by atoms with Crippen molar-refractivity contribution in [2.75, 3.05) is 13.7 Å². The Labute approximate surface area is 108 Å². The fourth-order valence-corrected chi connectivity index (χ4v) is 2.25. The van der Waals surface area contributed by atoms with Gasteiger partial charge in [-0.2, -0.15) is 0 Å². The van der Waals surface area contributed by atoms with Gasteiger partial charge in [-0.3, -0.25) is 4.79 Å². The summed E-state index contributed by atoms with van der Waals surface area (Å²) in [6.45, 7) is 2.80. The van der Waals surface area contributed by atoms with Crippen molar-refractivity contribution in [1.82, 2.24) is 4.90 Å². The summed E-state index contributed by atoms with van der Waals surface area (Å²) in [5.41, 5.74) is 5.48. The Kier molecular flexibility index (Phi) is 5.85. The van der Waals surface area contributed by atoms with Gasteiger partial charge < -0.3 is 15.4 Å². The SMILES string of the molecule is CC(CC(N)=S)N(C)C(=O)CCC1CCCO1. The summed E-state index contributed by atoms with van der Waals surface area (Å²) >= 11 is 4.85. The van der Waals surface area contributed by atoms with Crippen LogP contribution >= 0.6 is 12.2 Å². The normalized spacial score (nSPS) is 21.2. The molecule has 0 radical (unpaired) electrons. The number of nitrogens with zero attached hydrogens (tertiary/aromatic N) is 1. The maximum absolute atomic E-state index is 11.9. The van der Waals surface area contributed by atoms with Gasteiger partial charge in [0, 0.05) is 32.5 Å². The van der Waals surface area contributed by atoms with Gasteiger partial charge in [0.2, 0.25) is 5.91 Å².